The van der Waals surface area contributed by atoms with Gasteiger partial charge in [0, 0.05) is 18.7 Å². The SMILES string of the molecule is COc1cc(N)c(Cl)cc1C(=O)NCC1CCN2CCCC12.Cl. The van der Waals surface area contributed by atoms with Gasteiger partial charge in [-0.25, -0.2) is 0 Å². The average Bonchev–Trinajstić information content (AvgIpc) is 3.10. The van der Waals surface area contributed by atoms with E-state index in [0.717, 1.165) is 13.0 Å². The lowest BCUT2D eigenvalue weighted by Crippen LogP contribution is -2.35. The molecule has 2 fully saturated rings. The van der Waals surface area contributed by atoms with Crippen LogP contribution in [-0.4, -0.2) is 43.6 Å². The predicted molar refractivity (Wildman–Crippen MR) is 94.7 cm³/mol. The zero-order chi connectivity index (χ0) is 15.7. The first-order valence-electron chi connectivity index (χ1n) is 7.75. The molecule has 0 aromatic heterocycles. The highest BCUT2D eigenvalue weighted by Crippen LogP contribution is 2.32. The van der Waals surface area contributed by atoms with E-state index >= 15 is 0 Å². The molecule has 128 valence electrons. The van der Waals surface area contributed by atoms with E-state index in [4.69, 9.17) is 22.1 Å². The molecule has 2 aliphatic heterocycles. The number of fused-ring (bicyclic) bond motifs is 1. The van der Waals surface area contributed by atoms with Crippen molar-refractivity contribution in [1.82, 2.24) is 10.2 Å². The van der Waals surface area contributed by atoms with Crippen LogP contribution in [0.5, 0.6) is 5.75 Å². The average molecular weight is 360 g/mol. The van der Waals surface area contributed by atoms with E-state index in [1.54, 1.807) is 12.1 Å². The van der Waals surface area contributed by atoms with Crippen molar-refractivity contribution < 1.29 is 9.53 Å². The molecule has 2 heterocycles. The predicted octanol–water partition coefficient (Wildman–Crippen LogP) is 2.57. The molecule has 0 radical (unpaired) electrons. The van der Waals surface area contributed by atoms with Crippen molar-refractivity contribution in [3.05, 3.63) is 22.7 Å². The van der Waals surface area contributed by atoms with Crippen molar-refractivity contribution in [1.29, 1.82) is 0 Å². The largest absolute Gasteiger partial charge is 0.496 e. The molecular formula is C16H23Cl2N3O2. The second kappa shape index (κ2) is 7.60. The summed E-state index contributed by atoms with van der Waals surface area (Å²) in [5.41, 5.74) is 6.59. The molecule has 7 heteroatoms. The maximum atomic E-state index is 12.4. The number of amides is 1. The van der Waals surface area contributed by atoms with E-state index in [0.29, 0.717) is 40.5 Å². The Hall–Kier alpha value is -1.17. The molecule has 1 amide bonds. The smallest absolute Gasteiger partial charge is 0.255 e. The third kappa shape index (κ3) is 3.67. The molecule has 3 rings (SSSR count). The number of ether oxygens (including phenoxy) is 1. The standard InChI is InChI=1S/C16H22ClN3O2.ClH/c1-22-15-8-13(18)12(17)7-11(15)16(21)19-9-10-4-6-20-5-2-3-14(10)20;/h7-8,10,14H,2-6,9,18H2,1H3,(H,19,21);1H. The first-order valence-corrected chi connectivity index (χ1v) is 8.13. The number of carbonyl (C=O) groups is 1. The Kier molecular flexibility index (Phi) is 6.00. The Morgan fingerprint density at radius 2 is 2.22 bits per heavy atom. The summed E-state index contributed by atoms with van der Waals surface area (Å²) in [4.78, 5) is 15.0. The maximum Gasteiger partial charge on any atom is 0.255 e. The van der Waals surface area contributed by atoms with E-state index in [-0.39, 0.29) is 18.3 Å². The van der Waals surface area contributed by atoms with E-state index in [1.807, 2.05) is 0 Å². The number of halogens is 2. The Bertz CT molecular complexity index is 583. The lowest BCUT2D eigenvalue weighted by atomic mass is 9.98. The molecule has 2 aliphatic rings. The van der Waals surface area contributed by atoms with Crippen molar-refractivity contribution in [2.75, 3.05) is 32.5 Å². The third-order valence-electron chi connectivity index (χ3n) is 4.83. The van der Waals surface area contributed by atoms with Crippen molar-refractivity contribution in [2.24, 2.45) is 5.92 Å². The van der Waals surface area contributed by atoms with E-state index < -0.39 is 0 Å². The Balaban J connectivity index is 0.00000192. The van der Waals surface area contributed by atoms with Crippen LogP contribution in [0.25, 0.3) is 0 Å². The summed E-state index contributed by atoms with van der Waals surface area (Å²) < 4.78 is 5.24. The normalized spacial score (nSPS) is 23.2. The van der Waals surface area contributed by atoms with Crippen molar-refractivity contribution in [2.45, 2.75) is 25.3 Å². The van der Waals surface area contributed by atoms with Crippen LogP contribution in [0.4, 0.5) is 5.69 Å². The van der Waals surface area contributed by atoms with Crippen LogP contribution in [0.3, 0.4) is 0 Å². The maximum absolute atomic E-state index is 12.4. The van der Waals surface area contributed by atoms with Crippen LogP contribution in [0.15, 0.2) is 12.1 Å². The third-order valence-corrected chi connectivity index (χ3v) is 5.16. The number of nitrogen functional groups attached to an aromatic ring is 1. The molecule has 5 nitrogen and oxygen atoms in total. The fraction of sp³-hybridized carbons (Fsp3) is 0.562. The summed E-state index contributed by atoms with van der Waals surface area (Å²) in [6.45, 7) is 3.06. The molecule has 23 heavy (non-hydrogen) atoms. The molecule has 2 unspecified atom stereocenters. The number of benzene rings is 1. The summed E-state index contributed by atoms with van der Waals surface area (Å²) >= 11 is 6.02. The minimum Gasteiger partial charge on any atom is -0.496 e. The van der Waals surface area contributed by atoms with Gasteiger partial charge in [0.2, 0.25) is 0 Å². The summed E-state index contributed by atoms with van der Waals surface area (Å²) in [6, 6.07) is 3.80. The highest BCUT2D eigenvalue weighted by molar-refractivity contribution is 6.33. The van der Waals surface area contributed by atoms with Crippen LogP contribution in [0, 0.1) is 5.92 Å². The number of nitrogens with one attached hydrogen (secondary N) is 1. The number of nitrogens with two attached hydrogens (primary N) is 1. The number of carbonyl (C=O) groups excluding carboxylic acids is 1. The van der Waals surface area contributed by atoms with Gasteiger partial charge in [-0.3, -0.25) is 4.79 Å². The molecule has 3 N–H and O–H groups in total. The highest BCUT2D eigenvalue weighted by Gasteiger charge is 2.37. The Morgan fingerprint density at radius 1 is 1.43 bits per heavy atom. The number of hydrogen-bond acceptors (Lipinski definition) is 4. The fourth-order valence-electron chi connectivity index (χ4n) is 3.66. The fourth-order valence-corrected chi connectivity index (χ4v) is 3.82. The highest BCUT2D eigenvalue weighted by atomic mass is 35.5. The number of anilines is 1. The number of hydrogen-bond donors (Lipinski definition) is 2. The second-order valence-electron chi connectivity index (χ2n) is 6.08. The van der Waals surface area contributed by atoms with Gasteiger partial charge in [0.15, 0.2) is 0 Å². The molecule has 2 saturated heterocycles. The van der Waals surface area contributed by atoms with Crippen LogP contribution in [0.2, 0.25) is 5.02 Å². The summed E-state index contributed by atoms with van der Waals surface area (Å²) in [5.74, 6) is 0.838. The molecule has 0 saturated carbocycles. The quantitative estimate of drug-likeness (QED) is 0.810. The zero-order valence-electron chi connectivity index (χ0n) is 13.2. The van der Waals surface area contributed by atoms with Crippen LogP contribution < -0.4 is 15.8 Å². The van der Waals surface area contributed by atoms with Gasteiger partial charge in [0.1, 0.15) is 5.75 Å². The van der Waals surface area contributed by atoms with Crippen molar-refractivity contribution >= 4 is 35.6 Å². The molecule has 0 spiro atoms. The van der Waals surface area contributed by atoms with Gasteiger partial charge in [0.05, 0.1) is 23.4 Å². The van der Waals surface area contributed by atoms with Crippen molar-refractivity contribution in [3.63, 3.8) is 0 Å². The van der Waals surface area contributed by atoms with Gasteiger partial charge in [0.25, 0.3) is 5.91 Å². The Morgan fingerprint density at radius 3 is 2.96 bits per heavy atom. The molecular weight excluding hydrogens is 337 g/mol. The summed E-state index contributed by atoms with van der Waals surface area (Å²) in [6.07, 6.45) is 3.68. The van der Waals surface area contributed by atoms with Crippen molar-refractivity contribution in [3.8, 4) is 5.75 Å². The number of rotatable bonds is 4. The molecule has 2 atom stereocenters. The molecule has 1 aromatic rings. The molecule has 1 aromatic carbocycles. The first kappa shape index (κ1) is 18.2. The van der Waals surface area contributed by atoms with Gasteiger partial charge in [-0.15, -0.1) is 12.4 Å². The minimum absolute atomic E-state index is 0. The van der Waals surface area contributed by atoms with Crippen LogP contribution >= 0.6 is 24.0 Å². The summed E-state index contributed by atoms with van der Waals surface area (Å²) in [5, 5.41) is 3.40. The Labute approximate surface area is 147 Å². The summed E-state index contributed by atoms with van der Waals surface area (Å²) in [7, 11) is 1.52. The van der Waals surface area contributed by atoms with Gasteiger partial charge >= 0.3 is 0 Å². The van der Waals surface area contributed by atoms with Crippen LogP contribution in [0.1, 0.15) is 29.6 Å². The topological polar surface area (TPSA) is 67.6 Å². The number of methoxy groups -OCH3 is 1. The lowest BCUT2D eigenvalue weighted by molar-refractivity contribution is 0.0941. The minimum atomic E-state index is -0.157. The van der Waals surface area contributed by atoms with E-state index in [9.17, 15) is 4.79 Å². The first-order chi connectivity index (χ1) is 10.6. The van der Waals surface area contributed by atoms with Gasteiger partial charge in [-0.2, -0.15) is 0 Å². The number of nitrogens with zero attached hydrogens (tertiary/aromatic N) is 1. The molecule has 0 aliphatic carbocycles. The van der Waals surface area contributed by atoms with E-state index in [1.165, 1.54) is 26.5 Å². The molecule has 0 bridgehead atoms. The monoisotopic (exact) mass is 359 g/mol. The van der Waals surface area contributed by atoms with Gasteiger partial charge in [-0.05, 0) is 44.3 Å². The van der Waals surface area contributed by atoms with Gasteiger partial charge < -0.3 is 20.7 Å². The van der Waals surface area contributed by atoms with E-state index in [2.05, 4.69) is 10.2 Å². The van der Waals surface area contributed by atoms with Gasteiger partial charge in [-0.1, -0.05) is 11.6 Å². The second-order valence-corrected chi connectivity index (χ2v) is 6.49. The van der Waals surface area contributed by atoms with Crippen LogP contribution in [-0.2, 0) is 0 Å². The zero-order valence-corrected chi connectivity index (χ0v) is 14.8. The lowest BCUT2D eigenvalue weighted by Gasteiger charge is -2.20.